The van der Waals surface area contributed by atoms with E-state index in [1.165, 1.54) is 12.0 Å². The smallest absolute Gasteiger partial charge is 0.161 e. The van der Waals surface area contributed by atoms with Gasteiger partial charge in [0.1, 0.15) is 0 Å². The summed E-state index contributed by atoms with van der Waals surface area (Å²) >= 11 is 0. The molecule has 16 heavy (non-hydrogen) atoms. The van der Waals surface area contributed by atoms with Crippen molar-refractivity contribution in [1.29, 1.82) is 0 Å². The van der Waals surface area contributed by atoms with E-state index in [-0.39, 0.29) is 0 Å². The van der Waals surface area contributed by atoms with E-state index < -0.39 is 0 Å². The molecule has 82 valence electrons. The van der Waals surface area contributed by atoms with E-state index in [2.05, 4.69) is 22.6 Å². The third kappa shape index (κ3) is 1.63. The predicted octanol–water partition coefficient (Wildman–Crippen LogP) is 2.77. The molecule has 3 rings (SSSR count). The summed E-state index contributed by atoms with van der Waals surface area (Å²) in [5.74, 6) is 0.976. The normalized spacial score (nSPS) is 20.1. The maximum absolute atomic E-state index is 5.39. The molecule has 1 aliphatic heterocycles. The number of nitrogens with zero attached hydrogens (tertiary/aromatic N) is 1. The first-order valence-corrected chi connectivity index (χ1v) is 5.68. The first kappa shape index (κ1) is 9.60. The van der Waals surface area contributed by atoms with Gasteiger partial charge in [0.2, 0.25) is 0 Å². The van der Waals surface area contributed by atoms with Crippen LogP contribution in [0.5, 0.6) is 0 Å². The molecule has 0 saturated carbocycles. The minimum absolute atomic E-state index is 0.331. The molecule has 2 aromatic rings. The predicted molar refractivity (Wildman–Crippen MR) is 61.9 cm³/mol. The fraction of sp³-hybridized carbons (Fsp3) is 0.308. The van der Waals surface area contributed by atoms with Crippen molar-refractivity contribution in [2.45, 2.75) is 18.9 Å². The first-order valence-electron chi connectivity index (χ1n) is 5.68. The lowest BCUT2D eigenvalue weighted by Gasteiger charge is -2.08. The molecule has 0 amide bonds. The molecule has 0 spiro atoms. The summed E-state index contributed by atoms with van der Waals surface area (Å²) < 4.78 is 5.39. The van der Waals surface area contributed by atoms with E-state index in [1.807, 2.05) is 24.4 Å². The highest BCUT2D eigenvalue weighted by atomic mass is 16.5. The Morgan fingerprint density at radius 3 is 2.88 bits per heavy atom. The zero-order valence-electron chi connectivity index (χ0n) is 9.02. The summed E-state index contributed by atoms with van der Waals surface area (Å²) in [4.78, 5) is 0. The summed E-state index contributed by atoms with van der Waals surface area (Å²) in [5.41, 5.74) is 2.28. The Kier molecular flexibility index (Phi) is 2.46. The average Bonchev–Trinajstić information content (AvgIpc) is 3.01. The second-order valence-electron chi connectivity index (χ2n) is 4.12. The number of benzene rings is 1. The molecule has 0 bridgehead atoms. The van der Waals surface area contributed by atoms with Crippen LogP contribution in [-0.4, -0.2) is 11.7 Å². The molecule has 1 saturated heterocycles. The molecular formula is C13H14N2O. The van der Waals surface area contributed by atoms with Gasteiger partial charge in [0.15, 0.2) is 5.76 Å². The third-order valence-corrected chi connectivity index (χ3v) is 3.06. The van der Waals surface area contributed by atoms with Crippen molar-refractivity contribution in [1.82, 2.24) is 10.5 Å². The lowest BCUT2D eigenvalue weighted by atomic mass is 10.0. The van der Waals surface area contributed by atoms with Crippen molar-refractivity contribution in [2.75, 3.05) is 6.54 Å². The summed E-state index contributed by atoms with van der Waals surface area (Å²) in [5, 5.41) is 7.36. The van der Waals surface area contributed by atoms with Crippen LogP contribution in [0.15, 0.2) is 41.1 Å². The number of rotatable bonds is 2. The highest BCUT2D eigenvalue weighted by Gasteiger charge is 2.23. The van der Waals surface area contributed by atoms with Gasteiger partial charge in [-0.25, -0.2) is 0 Å². The van der Waals surface area contributed by atoms with Crippen molar-refractivity contribution in [3.63, 3.8) is 0 Å². The van der Waals surface area contributed by atoms with Gasteiger partial charge in [-0.1, -0.05) is 35.5 Å². The molecule has 3 heteroatoms. The number of nitrogens with one attached hydrogen (secondary N) is 1. The van der Waals surface area contributed by atoms with Crippen molar-refractivity contribution < 1.29 is 4.52 Å². The molecule has 1 N–H and O–H groups in total. The summed E-state index contributed by atoms with van der Waals surface area (Å²) in [6, 6.07) is 10.6. The van der Waals surface area contributed by atoms with E-state index in [0.717, 1.165) is 24.3 Å². The van der Waals surface area contributed by atoms with E-state index in [4.69, 9.17) is 4.52 Å². The van der Waals surface area contributed by atoms with Gasteiger partial charge in [0.05, 0.1) is 12.2 Å². The van der Waals surface area contributed by atoms with E-state index in [9.17, 15) is 0 Å². The monoisotopic (exact) mass is 214 g/mol. The van der Waals surface area contributed by atoms with Crippen LogP contribution >= 0.6 is 0 Å². The first-order chi connectivity index (χ1) is 7.95. The van der Waals surface area contributed by atoms with Crippen LogP contribution in [0.4, 0.5) is 0 Å². The molecule has 0 radical (unpaired) electrons. The minimum atomic E-state index is 0.331. The Morgan fingerprint density at radius 1 is 1.25 bits per heavy atom. The van der Waals surface area contributed by atoms with Crippen LogP contribution in [0.2, 0.25) is 0 Å². The number of hydrogen-bond acceptors (Lipinski definition) is 3. The quantitative estimate of drug-likeness (QED) is 0.835. The molecule has 1 atom stereocenters. The molecule has 1 unspecified atom stereocenters. The van der Waals surface area contributed by atoms with Crippen LogP contribution in [0.1, 0.15) is 24.6 Å². The molecule has 0 aliphatic carbocycles. The molecule has 1 aromatic heterocycles. The largest absolute Gasteiger partial charge is 0.359 e. The van der Waals surface area contributed by atoms with Gasteiger partial charge < -0.3 is 9.84 Å². The Labute approximate surface area is 94.5 Å². The highest BCUT2D eigenvalue weighted by Crippen LogP contribution is 2.32. The van der Waals surface area contributed by atoms with E-state index in [1.54, 1.807) is 0 Å². The Morgan fingerprint density at radius 2 is 2.12 bits per heavy atom. The SMILES string of the molecule is c1ccc(-c2cnoc2C2CCCN2)cc1. The number of hydrogen-bond donors (Lipinski definition) is 1. The minimum Gasteiger partial charge on any atom is -0.359 e. The molecular weight excluding hydrogens is 200 g/mol. The summed E-state index contributed by atoms with van der Waals surface area (Å²) in [6.07, 6.45) is 4.15. The van der Waals surface area contributed by atoms with Crippen molar-refractivity contribution in [2.24, 2.45) is 0 Å². The van der Waals surface area contributed by atoms with Crippen molar-refractivity contribution in [3.8, 4) is 11.1 Å². The molecule has 3 nitrogen and oxygen atoms in total. The van der Waals surface area contributed by atoms with E-state index in [0.29, 0.717) is 6.04 Å². The van der Waals surface area contributed by atoms with Gasteiger partial charge in [0, 0.05) is 5.56 Å². The Balaban J connectivity index is 1.99. The fourth-order valence-corrected chi connectivity index (χ4v) is 2.24. The number of aromatic nitrogens is 1. The molecule has 2 heterocycles. The van der Waals surface area contributed by atoms with Gasteiger partial charge in [0.25, 0.3) is 0 Å². The average molecular weight is 214 g/mol. The van der Waals surface area contributed by atoms with Crippen LogP contribution in [0, 0.1) is 0 Å². The van der Waals surface area contributed by atoms with Crippen LogP contribution in [0.25, 0.3) is 11.1 Å². The van der Waals surface area contributed by atoms with Crippen molar-refractivity contribution >= 4 is 0 Å². The molecule has 1 fully saturated rings. The third-order valence-electron chi connectivity index (χ3n) is 3.06. The van der Waals surface area contributed by atoms with Gasteiger partial charge in [-0.15, -0.1) is 0 Å². The zero-order valence-corrected chi connectivity index (χ0v) is 9.02. The van der Waals surface area contributed by atoms with Gasteiger partial charge >= 0.3 is 0 Å². The highest BCUT2D eigenvalue weighted by molar-refractivity contribution is 5.64. The Hall–Kier alpha value is -1.61. The van der Waals surface area contributed by atoms with Gasteiger partial charge in [-0.3, -0.25) is 0 Å². The van der Waals surface area contributed by atoms with Crippen LogP contribution in [-0.2, 0) is 0 Å². The zero-order chi connectivity index (χ0) is 10.8. The second-order valence-corrected chi connectivity index (χ2v) is 4.12. The Bertz CT molecular complexity index is 458. The lowest BCUT2D eigenvalue weighted by molar-refractivity contribution is 0.352. The van der Waals surface area contributed by atoms with Gasteiger partial charge in [-0.05, 0) is 24.9 Å². The maximum atomic E-state index is 5.39. The second kappa shape index (κ2) is 4.10. The van der Waals surface area contributed by atoms with Crippen molar-refractivity contribution in [3.05, 3.63) is 42.3 Å². The maximum Gasteiger partial charge on any atom is 0.161 e. The summed E-state index contributed by atoms with van der Waals surface area (Å²) in [7, 11) is 0. The fourth-order valence-electron chi connectivity index (χ4n) is 2.24. The topological polar surface area (TPSA) is 38.1 Å². The van der Waals surface area contributed by atoms with E-state index >= 15 is 0 Å². The molecule has 1 aliphatic rings. The van der Waals surface area contributed by atoms with Crippen LogP contribution in [0.3, 0.4) is 0 Å². The molecule has 1 aromatic carbocycles. The lowest BCUT2D eigenvalue weighted by Crippen LogP contribution is -2.12. The van der Waals surface area contributed by atoms with Gasteiger partial charge in [-0.2, -0.15) is 0 Å². The summed E-state index contributed by atoms with van der Waals surface area (Å²) in [6.45, 7) is 1.07. The standard InChI is InChI=1S/C13H14N2O/c1-2-5-10(6-3-1)11-9-15-16-13(11)12-7-4-8-14-12/h1-3,5-6,9,12,14H,4,7-8H2. The van der Waals surface area contributed by atoms with Crippen LogP contribution < -0.4 is 5.32 Å².